The van der Waals surface area contributed by atoms with Gasteiger partial charge in [-0.2, -0.15) is 0 Å². The maximum absolute atomic E-state index is 6.03. The van der Waals surface area contributed by atoms with E-state index in [0.717, 1.165) is 17.1 Å². The van der Waals surface area contributed by atoms with Crippen LogP contribution in [0, 0.1) is 0 Å². The molecule has 0 aliphatic rings. The van der Waals surface area contributed by atoms with E-state index < -0.39 is 0 Å². The highest BCUT2D eigenvalue weighted by Gasteiger charge is 2.18. The van der Waals surface area contributed by atoms with Crippen molar-refractivity contribution < 1.29 is 0 Å². The van der Waals surface area contributed by atoms with E-state index >= 15 is 0 Å². The number of rotatable bonds is 5. The molecule has 0 saturated heterocycles. The number of para-hydroxylation sites is 1. The van der Waals surface area contributed by atoms with E-state index in [-0.39, 0.29) is 0 Å². The number of thiophene rings is 1. The molecule has 2 nitrogen and oxygen atoms in total. The van der Waals surface area contributed by atoms with E-state index in [1.807, 2.05) is 12.1 Å². The average Bonchev–Trinajstić information content (AvgIpc) is 3.52. The molecule has 1 aromatic heterocycles. The predicted octanol–water partition coefficient (Wildman–Crippen LogP) is 10.4. The molecule has 0 aliphatic carbocycles. The van der Waals surface area contributed by atoms with Crippen LogP contribution in [0.2, 0.25) is 0 Å². The third-order valence-corrected chi connectivity index (χ3v) is 8.14. The molecule has 0 saturated carbocycles. The second-order valence-corrected chi connectivity index (χ2v) is 10.6. The fourth-order valence-electron chi connectivity index (χ4n) is 5.56. The second kappa shape index (κ2) is 9.79. The topological polar surface area (TPSA) is 29.3 Å². The summed E-state index contributed by atoms with van der Waals surface area (Å²) in [6.45, 7) is 0. The molecule has 0 unspecified atom stereocenters. The monoisotopic (exact) mass is 518 g/mol. The number of fused-ring (bicyclic) bond motifs is 2. The van der Waals surface area contributed by atoms with Crippen molar-refractivity contribution >= 4 is 54.9 Å². The molecule has 7 rings (SSSR count). The van der Waals surface area contributed by atoms with Crippen molar-refractivity contribution in [3.8, 4) is 22.3 Å². The minimum Gasteiger partial charge on any atom is -0.399 e. The lowest BCUT2D eigenvalue weighted by molar-refractivity contribution is 1.32. The maximum atomic E-state index is 6.03. The van der Waals surface area contributed by atoms with Crippen LogP contribution in [0.25, 0.3) is 43.8 Å². The summed E-state index contributed by atoms with van der Waals surface area (Å²) in [4.78, 5) is 2.31. The van der Waals surface area contributed by atoms with Gasteiger partial charge >= 0.3 is 0 Å². The molecule has 6 aromatic carbocycles. The van der Waals surface area contributed by atoms with E-state index in [1.165, 1.54) is 48.8 Å². The Bertz CT molecular complexity index is 1830. The van der Waals surface area contributed by atoms with Gasteiger partial charge in [-0.3, -0.25) is 0 Å². The van der Waals surface area contributed by atoms with Crippen LogP contribution in [0.15, 0.2) is 145 Å². The van der Waals surface area contributed by atoms with Gasteiger partial charge in [0.05, 0.1) is 5.00 Å². The average molecular weight is 519 g/mol. The van der Waals surface area contributed by atoms with Crippen molar-refractivity contribution in [3.05, 3.63) is 145 Å². The number of hydrogen-bond donors (Lipinski definition) is 1. The Hall–Kier alpha value is -4.86. The highest BCUT2D eigenvalue weighted by atomic mass is 32.1. The lowest BCUT2D eigenvalue weighted by Crippen LogP contribution is -2.07. The normalized spacial score (nSPS) is 11.2. The highest BCUT2D eigenvalue weighted by Crippen LogP contribution is 2.44. The van der Waals surface area contributed by atoms with Gasteiger partial charge in [-0.15, -0.1) is 11.3 Å². The summed E-state index contributed by atoms with van der Waals surface area (Å²) in [7, 11) is 0. The Labute approximate surface area is 232 Å². The van der Waals surface area contributed by atoms with Crippen molar-refractivity contribution in [2.75, 3.05) is 10.6 Å². The molecule has 0 fully saturated rings. The zero-order valence-corrected chi connectivity index (χ0v) is 22.1. The first-order valence-electron chi connectivity index (χ1n) is 13.1. The molecule has 2 N–H and O–H groups in total. The number of anilines is 4. The van der Waals surface area contributed by atoms with Gasteiger partial charge in [0.25, 0.3) is 0 Å². The summed E-state index contributed by atoms with van der Waals surface area (Å²) < 4.78 is 0. The van der Waals surface area contributed by atoms with Crippen molar-refractivity contribution in [3.63, 3.8) is 0 Å². The Balaban J connectivity index is 1.43. The summed E-state index contributed by atoms with van der Waals surface area (Å²) in [6.07, 6.45) is 0. The van der Waals surface area contributed by atoms with Crippen molar-refractivity contribution in [1.29, 1.82) is 0 Å². The minimum atomic E-state index is 0.774. The van der Waals surface area contributed by atoms with E-state index in [0.29, 0.717) is 0 Å². The van der Waals surface area contributed by atoms with Gasteiger partial charge in [0.1, 0.15) is 0 Å². The number of nitrogens with two attached hydrogens (primary N) is 1. The first-order valence-corrected chi connectivity index (χ1v) is 13.9. The summed E-state index contributed by atoms with van der Waals surface area (Å²) in [5.74, 6) is 0. The minimum absolute atomic E-state index is 0.774. The first kappa shape index (κ1) is 23.3. The molecule has 1 heterocycles. The van der Waals surface area contributed by atoms with Crippen molar-refractivity contribution in [1.82, 2.24) is 0 Å². The molecule has 0 amide bonds. The van der Waals surface area contributed by atoms with Crippen molar-refractivity contribution in [2.24, 2.45) is 0 Å². The van der Waals surface area contributed by atoms with Gasteiger partial charge < -0.3 is 10.6 Å². The molecule has 186 valence electrons. The molecule has 0 bridgehead atoms. The van der Waals surface area contributed by atoms with Crippen molar-refractivity contribution in [2.45, 2.75) is 0 Å². The van der Waals surface area contributed by atoms with Gasteiger partial charge in [-0.1, -0.05) is 91.0 Å². The van der Waals surface area contributed by atoms with E-state index in [1.54, 1.807) is 11.3 Å². The second-order valence-electron chi connectivity index (χ2n) is 9.63. The summed E-state index contributed by atoms with van der Waals surface area (Å²) in [6, 6.07) is 49.5. The quantitative estimate of drug-likeness (QED) is 0.181. The van der Waals surface area contributed by atoms with Crippen LogP contribution in [0.3, 0.4) is 0 Å². The van der Waals surface area contributed by atoms with Gasteiger partial charge in [0, 0.05) is 17.1 Å². The van der Waals surface area contributed by atoms with Crippen LogP contribution in [0.1, 0.15) is 0 Å². The van der Waals surface area contributed by atoms with Crippen LogP contribution in [0.4, 0.5) is 22.1 Å². The van der Waals surface area contributed by atoms with E-state index in [2.05, 4.69) is 138 Å². The molecule has 39 heavy (non-hydrogen) atoms. The first-order chi connectivity index (χ1) is 19.3. The van der Waals surface area contributed by atoms with Crippen LogP contribution >= 0.6 is 11.3 Å². The van der Waals surface area contributed by atoms with Gasteiger partial charge in [-0.25, -0.2) is 0 Å². The van der Waals surface area contributed by atoms with E-state index in [4.69, 9.17) is 5.73 Å². The van der Waals surface area contributed by atoms with E-state index in [9.17, 15) is 0 Å². The predicted molar refractivity (Wildman–Crippen MR) is 169 cm³/mol. The fraction of sp³-hybridized carbons (Fsp3) is 0. The van der Waals surface area contributed by atoms with Crippen LogP contribution < -0.4 is 10.6 Å². The molecular formula is C36H26N2S. The fourth-order valence-corrected chi connectivity index (χ4v) is 6.33. The number of hydrogen-bond acceptors (Lipinski definition) is 3. The molecule has 0 spiro atoms. The molecular weight excluding hydrogens is 492 g/mol. The van der Waals surface area contributed by atoms with Crippen LogP contribution in [0.5, 0.6) is 0 Å². The molecule has 3 heteroatoms. The molecule has 0 aliphatic heterocycles. The standard InChI is InChI=1S/C36H26N2S/c37-27-20-16-25(17-21-27)35-30-11-4-6-13-32(30)36(33-14-7-5-12-31(33)35)26-18-22-29(23-19-26)38(34-15-8-24-39-34)28-9-2-1-3-10-28/h1-24H,37H2. The van der Waals surface area contributed by atoms with Gasteiger partial charge in [-0.05, 0) is 97.7 Å². The third-order valence-electron chi connectivity index (χ3n) is 7.29. The Morgan fingerprint density at radius 1 is 0.436 bits per heavy atom. The smallest absolute Gasteiger partial charge is 0.0999 e. The molecule has 7 aromatic rings. The maximum Gasteiger partial charge on any atom is 0.0999 e. The highest BCUT2D eigenvalue weighted by molar-refractivity contribution is 7.14. The summed E-state index contributed by atoms with van der Waals surface area (Å²) >= 11 is 1.74. The lowest BCUT2D eigenvalue weighted by atomic mass is 9.86. The number of nitrogen functional groups attached to an aromatic ring is 1. The van der Waals surface area contributed by atoms with Crippen LogP contribution in [-0.4, -0.2) is 0 Å². The third kappa shape index (κ3) is 4.14. The van der Waals surface area contributed by atoms with Gasteiger partial charge in [0.2, 0.25) is 0 Å². The Kier molecular flexibility index (Phi) is 5.84. The summed E-state index contributed by atoms with van der Waals surface area (Å²) in [5, 5.41) is 8.29. The largest absolute Gasteiger partial charge is 0.399 e. The number of nitrogens with zero attached hydrogens (tertiary/aromatic N) is 1. The summed E-state index contributed by atoms with van der Waals surface area (Å²) in [5.41, 5.74) is 14.0. The van der Waals surface area contributed by atoms with Gasteiger partial charge in [0.15, 0.2) is 0 Å². The molecule has 0 radical (unpaired) electrons. The number of benzene rings is 6. The Morgan fingerprint density at radius 3 is 1.38 bits per heavy atom. The zero-order chi connectivity index (χ0) is 26.2. The lowest BCUT2D eigenvalue weighted by Gasteiger charge is -2.24. The Morgan fingerprint density at radius 2 is 0.897 bits per heavy atom. The zero-order valence-electron chi connectivity index (χ0n) is 21.3. The van der Waals surface area contributed by atoms with Crippen LogP contribution in [-0.2, 0) is 0 Å². The SMILES string of the molecule is Nc1ccc(-c2c3ccccc3c(-c3ccc(N(c4ccccc4)c4cccs4)cc3)c3ccccc23)cc1. The molecule has 0 atom stereocenters.